The summed E-state index contributed by atoms with van der Waals surface area (Å²) >= 11 is 0. The van der Waals surface area contributed by atoms with Crippen molar-refractivity contribution in [3.05, 3.63) is 0 Å². The second kappa shape index (κ2) is 5.80. The summed E-state index contributed by atoms with van der Waals surface area (Å²) < 4.78 is 0. The standard InChI is InChI=1S/C12H20O5/c1-5-8(10(14)15)12(4,7(3)13)9(6-2)11(16)17/h8-9H,5-6H2,1-4H3,(H,14,15)(H,16,17). The van der Waals surface area contributed by atoms with Gasteiger partial charge in [-0.1, -0.05) is 20.8 Å². The first kappa shape index (κ1) is 15.6. The first-order valence-corrected chi connectivity index (χ1v) is 5.69. The van der Waals surface area contributed by atoms with E-state index in [1.807, 2.05) is 0 Å². The predicted octanol–water partition coefficient (Wildman–Crippen LogP) is 1.80. The highest BCUT2D eigenvalue weighted by Crippen LogP contribution is 2.40. The molecule has 0 spiro atoms. The Balaban J connectivity index is 5.64. The molecule has 0 radical (unpaired) electrons. The lowest BCUT2D eigenvalue weighted by atomic mass is 9.63. The van der Waals surface area contributed by atoms with Crippen LogP contribution >= 0.6 is 0 Å². The minimum Gasteiger partial charge on any atom is -0.481 e. The van der Waals surface area contributed by atoms with Gasteiger partial charge in [0.25, 0.3) is 0 Å². The minimum absolute atomic E-state index is 0.231. The molecule has 0 bridgehead atoms. The van der Waals surface area contributed by atoms with E-state index in [0.29, 0.717) is 0 Å². The van der Waals surface area contributed by atoms with Crippen molar-refractivity contribution in [3.63, 3.8) is 0 Å². The molecule has 2 N–H and O–H groups in total. The summed E-state index contributed by atoms with van der Waals surface area (Å²) in [7, 11) is 0. The maximum atomic E-state index is 11.7. The van der Waals surface area contributed by atoms with Crippen LogP contribution in [0.15, 0.2) is 0 Å². The Kier molecular flexibility index (Phi) is 5.32. The molecule has 0 rings (SSSR count). The summed E-state index contributed by atoms with van der Waals surface area (Å²) in [6.45, 7) is 6.00. The van der Waals surface area contributed by atoms with E-state index in [1.165, 1.54) is 13.8 Å². The van der Waals surface area contributed by atoms with Crippen molar-refractivity contribution in [2.45, 2.75) is 40.5 Å². The SMILES string of the molecule is CCC(C(=O)O)C(C)(C(C)=O)C(CC)C(=O)O. The number of aliphatic carboxylic acids is 2. The fourth-order valence-corrected chi connectivity index (χ4v) is 2.44. The van der Waals surface area contributed by atoms with Crippen molar-refractivity contribution in [2.75, 3.05) is 0 Å². The highest BCUT2D eigenvalue weighted by atomic mass is 16.4. The van der Waals surface area contributed by atoms with E-state index >= 15 is 0 Å². The molecule has 2 atom stereocenters. The van der Waals surface area contributed by atoms with Crippen molar-refractivity contribution in [2.24, 2.45) is 17.3 Å². The van der Waals surface area contributed by atoms with Crippen LogP contribution < -0.4 is 0 Å². The first-order valence-electron chi connectivity index (χ1n) is 5.69. The van der Waals surface area contributed by atoms with Gasteiger partial charge >= 0.3 is 11.9 Å². The van der Waals surface area contributed by atoms with Gasteiger partial charge in [0.05, 0.1) is 17.3 Å². The quantitative estimate of drug-likeness (QED) is 0.712. The maximum absolute atomic E-state index is 11.7. The maximum Gasteiger partial charge on any atom is 0.307 e. The molecule has 2 unspecified atom stereocenters. The Labute approximate surface area is 101 Å². The zero-order chi connectivity index (χ0) is 13.8. The molecule has 0 aliphatic heterocycles. The van der Waals surface area contributed by atoms with Gasteiger partial charge in [0, 0.05) is 0 Å². The van der Waals surface area contributed by atoms with Gasteiger partial charge in [-0.25, -0.2) is 0 Å². The molecule has 98 valence electrons. The minimum atomic E-state index is -1.36. The van der Waals surface area contributed by atoms with E-state index in [9.17, 15) is 14.4 Å². The highest BCUT2D eigenvalue weighted by molar-refractivity contribution is 5.92. The van der Waals surface area contributed by atoms with E-state index in [0.717, 1.165) is 0 Å². The fraction of sp³-hybridized carbons (Fsp3) is 0.750. The van der Waals surface area contributed by atoms with Crippen molar-refractivity contribution in [1.82, 2.24) is 0 Å². The topological polar surface area (TPSA) is 91.7 Å². The lowest BCUT2D eigenvalue weighted by Crippen LogP contribution is -2.47. The molecule has 0 aliphatic rings. The van der Waals surface area contributed by atoms with Crippen LogP contribution in [0.2, 0.25) is 0 Å². The Bertz CT molecular complexity index is 299. The monoisotopic (exact) mass is 244 g/mol. The van der Waals surface area contributed by atoms with E-state index in [2.05, 4.69) is 0 Å². The summed E-state index contributed by atoms with van der Waals surface area (Å²) in [5.41, 5.74) is -1.36. The zero-order valence-corrected chi connectivity index (χ0v) is 10.7. The highest BCUT2D eigenvalue weighted by Gasteiger charge is 2.50. The van der Waals surface area contributed by atoms with Gasteiger partial charge in [0.2, 0.25) is 0 Å². The van der Waals surface area contributed by atoms with Crippen LogP contribution in [-0.4, -0.2) is 27.9 Å². The molecule has 17 heavy (non-hydrogen) atoms. The second-order valence-corrected chi connectivity index (χ2v) is 4.44. The summed E-state index contributed by atoms with van der Waals surface area (Å²) in [4.78, 5) is 34.1. The molecule has 0 fully saturated rings. The van der Waals surface area contributed by atoms with E-state index in [-0.39, 0.29) is 18.6 Å². The molecule has 0 heterocycles. The molecular formula is C12H20O5. The second-order valence-electron chi connectivity index (χ2n) is 4.44. The third kappa shape index (κ3) is 2.84. The normalized spacial score (nSPS) is 17.9. The molecular weight excluding hydrogens is 224 g/mol. The number of carboxylic acid groups (broad SMARTS) is 2. The molecule has 0 aromatic carbocycles. The van der Waals surface area contributed by atoms with Gasteiger partial charge in [-0.3, -0.25) is 14.4 Å². The molecule has 0 aromatic rings. The van der Waals surface area contributed by atoms with Gasteiger partial charge < -0.3 is 10.2 Å². The molecule has 0 aliphatic carbocycles. The van der Waals surface area contributed by atoms with Crippen molar-refractivity contribution in [1.29, 1.82) is 0 Å². The summed E-state index contributed by atoms with van der Waals surface area (Å²) in [6.07, 6.45) is 0.463. The number of carbonyl (C=O) groups excluding carboxylic acids is 1. The Morgan fingerprint density at radius 1 is 1.00 bits per heavy atom. The van der Waals surface area contributed by atoms with Crippen LogP contribution in [0.1, 0.15) is 40.5 Å². The average Bonchev–Trinajstić information content (AvgIpc) is 2.17. The number of Topliss-reactive ketones (excluding diaryl/α,β-unsaturated/α-hetero) is 1. The third-order valence-corrected chi connectivity index (χ3v) is 3.62. The number of carbonyl (C=O) groups is 3. The fourth-order valence-electron chi connectivity index (χ4n) is 2.44. The van der Waals surface area contributed by atoms with Crippen LogP contribution in [0.3, 0.4) is 0 Å². The molecule has 0 saturated heterocycles. The van der Waals surface area contributed by atoms with Crippen LogP contribution in [-0.2, 0) is 14.4 Å². The molecule has 0 aromatic heterocycles. The molecule has 0 saturated carbocycles. The Morgan fingerprint density at radius 3 is 1.41 bits per heavy atom. The van der Waals surface area contributed by atoms with Gasteiger partial charge in [-0.05, 0) is 19.8 Å². The van der Waals surface area contributed by atoms with E-state index in [1.54, 1.807) is 13.8 Å². The lowest BCUT2D eigenvalue weighted by Gasteiger charge is -2.37. The number of carboxylic acids is 2. The lowest BCUT2D eigenvalue weighted by molar-refractivity contribution is -0.162. The van der Waals surface area contributed by atoms with Crippen LogP contribution in [0.5, 0.6) is 0 Å². The largest absolute Gasteiger partial charge is 0.481 e. The van der Waals surface area contributed by atoms with Crippen LogP contribution in [0, 0.1) is 17.3 Å². The van der Waals surface area contributed by atoms with Crippen molar-refractivity contribution < 1.29 is 24.6 Å². The number of rotatable bonds is 7. The number of hydrogen-bond donors (Lipinski definition) is 2. The van der Waals surface area contributed by atoms with Crippen LogP contribution in [0.4, 0.5) is 0 Å². The molecule has 0 amide bonds. The smallest absolute Gasteiger partial charge is 0.307 e. The van der Waals surface area contributed by atoms with E-state index < -0.39 is 29.2 Å². The predicted molar refractivity (Wildman–Crippen MR) is 61.6 cm³/mol. The Morgan fingerprint density at radius 2 is 1.29 bits per heavy atom. The van der Waals surface area contributed by atoms with Gasteiger partial charge in [-0.2, -0.15) is 0 Å². The summed E-state index contributed by atoms with van der Waals surface area (Å²) in [6, 6.07) is 0. The summed E-state index contributed by atoms with van der Waals surface area (Å²) in [5.74, 6) is -4.57. The van der Waals surface area contributed by atoms with Crippen molar-refractivity contribution in [3.8, 4) is 0 Å². The van der Waals surface area contributed by atoms with E-state index in [4.69, 9.17) is 10.2 Å². The Hall–Kier alpha value is -1.39. The van der Waals surface area contributed by atoms with Gasteiger partial charge in [-0.15, -0.1) is 0 Å². The molecule has 5 heteroatoms. The number of hydrogen-bond acceptors (Lipinski definition) is 3. The third-order valence-electron chi connectivity index (χ3n) is 3.62. The zero-order valence-electron chi connectivity index (χ0n) is 10.7. The van der Waals surface area contributed by atoms with Crippen molar-refractivity contribution >= 4 is 17.7 Å². The van der Waals surface area contributed by atoms with Gasteiger partial charge in [0.1, 0.15) is 5.78 Å². The number of ketones is 1. The average molecular weight is 244 g/mol. The molecule has 5 nitrogen and oxygen atoms in total. The summed E-state index contributed by atoms with van der Waals surface area (Å²) in [5, 5.41) is 18.3. The van der Waals surface area contributed by atoms with Gasteiger partial charge in [0.15, 0.2) is 0 Å². The first-order chi connectivity index (χ1) is 7.73. The van der Waals surface area contributed by atoms with Crippen LogP contribution in [0.25, 0.3) is 0 Å².